The highest BCUT2D eigenvalue weighted by atomic mass is 19.1. The Balaban J connectivity index is 2.65. The highest BCUT2D eigenvalue weighted by Crippen LogP contribution is 2.19. The lowest BCUT2D eigenvalue weighted by Gasteiger charge is -2.09. The molecule has 0 fully saturated rings. The van der Waals surface area contributed by atoms with Gasteiger partial charge in [-0.05, 0) is 23.6 Å². The molecule has 0 aliphatic carbocycles. The molecule has 0 bridgehead atoms. The number of ether oxygens (including phenoxy) is 1. The molecule has 0 heterocycles. The van der Waals surface area contributed by atoms with Crippen LogP contribution in [0.1, 0.15) is 24.8 Å². The summed E-state index contributed by atoms with van der Waals surface area (Å²) in [5, 5.41) is 0. The first kappa shape index (κ1) is 10.7. The van der Waals surface area contributed by atoms with Crippen LogP contribution >= 0.6 is 0 Å². The van der Waals surface area contributed by atoms with Gasteiger partial charge in [-0.3, -0.25) is 4.79 Å². The van der Waals surface area contributed by atoms with Gasteiger partial charge in [0.25, 0.3) is 0 Å². The number of hydrogen-bond donors (Lipinski definition) is 0. The molecule has 76 valence electrons. The lowest BCUT2D eigenvalue weighted by Crippen LogP contribution is -2.05. The quantitative estimate of drug-likeness (QED) is 0.694. The molecular weight excluding hydrogens is 183 g/mol. The van der Waals surface area contributed by atoms with Gasteiger partial charge < -0.3 is 4.74 Å². The topological polar surface area (TPSA) is 26.3 Å². The molecule has 1 atom stereocenters. The fourth-order valence-electron chi connectivity index (χ4n) is 1.24. The van der Waals surface area contributed by atoms with Gasteiger partial charge in [0.2, 0.25) is 0 Å². The van der Waals surface area contributed by atoms with Gasteiger partial charge in [-0.25, -0.2) is 4.39 Å². The van der Waals surface area contributed by atoms with Gasteiger partial charge >= 0.3 is 5.97 Å². The van der Waals surface area contributed by atoms with E-state index in [1.54, 1.807) is 12.1 Å². The summed E-state index contributed by atoms with van der Waals surface area (Å²) in [6, 6.07) is 6.15. The second-order valence-electron chi connectivity index (χ2n) is 3.23. The van der Waals surface area contributed by atoms with Crippen molar-refractivity contribution in [2.75, 3.05) is 7.11 Å². The number of rotatable bonds is 3. The van der Waals surface area contributed by atoms with Gasteiger partial charge in [0.1, 0.15) is 5.82 Å². The average Bonchev–Trinajstić information content (AvgIpc) is 2.18. The van der Waals surface area contributed by atoms with Gasteiger partial charge in [0.15, 0.2) is 0 Å². The number of carbonyl (C=O) groups excluding carboxylic acids is 1. The molecule has 0 N–H and O–H groups in total. The van der Waals surface area contributed by atoms with E-state index in [1.807, 2.05) is 6.92 Å². The predicted molar refractivity (Wildman–Crippen MR) is 51.4 cm³/mol. The minimum atomic E-state index is -0.265. The van der Waals surface area contributed by atoms with Crippen molar-refractivity contribution in [2.45, 2.75) is 19.3 Å². The summed E-state index contributed by atoms with van der Waals surface area (Å²) in [5.41, 5.74) is 0.941. The molecule has 0 unspecified atom stereocenters. The second kappa shape index (κ2) is 4.74. The van der Waals surface area contributed by atoms with Crippen LogP contribution in [0.25, 0.3) is 0 Å². The van der Waals surface area contributed by atoms with Crippen LogP contribution in [0.2, 0.25) is 0 Å². The predicted octanol–water partition coefficient (Wildman–Crippen LogP) is 2.49. The zero-order valence-corrected chi connectivity index (χ0v) is 8.29. The lowest BCUT2D eigenvalue weighted by atomic mass is 9.98. The molecule has 14 heavy (non-hydrogen) atoms. The van der Waals surface area contributed by atoms with Gasteiger partial charge in [-0.15, -0.1) is 0 Å². The first-order chi connectivity index (χ1) is 6.63. The minimum absolute atomic E-state index is 0.0584. The van der Waals surface area contributed by atoms with E-state index < -0.39 is 0 Å². The minimum Gasteiger partial charge on any atom is -0.469 e. The first-order valence-electron chi connectivity index (χ1n) is 4.45. The van der Waals surface area contributed by atoms with Crippen molar-refractivity contribution in [3.8, 4) is 0 Å². The van der Waals surface area contributed by atoms with E-state index in [2.05, 4.69) is 4.74 Å². The Bertz CT molecular complexity index is 306. The molecule has 0 saturated heterocycles. The normalized spacial score (nSPS) is 12.2. The molecule has 1 rings (SSSR count). The zero-order valence-electron chi connectivity index (χ0n) is 8.29. The van der Waals surface area contributed by atoms with Gasteiger partial charge in [-0.2, -0.15) is 0 Å². The standard InChI is InChI=1S/C11H13FO2/c1-8(7-11(13)14-2)9-3-5-10(12)6-4-9/h3-6,8H,7H2,1-2H3/t8-/m1/s1. The van der Waals surface area contributed by atoms with Gasteiger partial charge in [-0.1, -0.05) is 19.1 Å². The third-order valence-corrected chi connectivity index (χ3v) is 2.14. The van der Waals surface area contributed by atoms with Crippen LogP contribution < -0.4 is 0 Å². The van der Waals surface area contributed by atoms with Crippen LogP contribution in [0.4, 0.5) is 4.39 Å². The van der Waals surface area contributed by atoms with E-state index in [0.717, 1.165) is 5.56 Å². The van der Waals surface area contributed by atoms with E-state index >= 15 is 0 Å². The van der Waals surface area contributed by atoms with Crippen LogP contribution in [0, 0.1) is 5.82 Å². The summed E-state index contributed by atoms with van der Waals surface area (Å²) in [6.45, 7) is 1.91. The number of esters is 1. The Hall–Kier alpha value is -1.38. The molecule has 3 heteroatoms. The van der Waals surface area contributed by atoms with Crippen molar-refractivity contribution in [1.82, 2.24) is 0 Å². The Kier molecular flexibility index (Phi) is 3.63. The van der Waals surface area contributed by atoms with Crippen LogP contribution in [0.15, 0.2) is 24.3 Å². The van der Waals surface area contributed by atoms with E-state index in [4.69, 9.17) is 0 Å². The third-order valence-electron chi connectivity index (χ3n) is 2.14. The number of methoxy groups -OCH3 is 1. The van der Waals surface area contributed by atoms with Crippen molar-refractivity contribution in [1.29, 1.82) is 0 Å². The molecule has 0 aromatic heterocycles. The maximum Gasteiger partial charge on any atom is 0.306 e. The van der Waals surface area contributed by atoms with Gasteiger partial charge in [0, 0.05) is 0 Å². The average molecular weight is 196 g/mol. The fourth-order valence-corrected chi connectivity index (χ4v) is 1.24. The summed E-state index contributed by atoms with van der Waals surface area (Å²) < 4.78 is 17.1. The summed E-state index contributed by atoms with van der Waals surface area (Å²) in [5.74, 6) is -0.455. The van der Waals surface area contributed by atoms with E-state index in [9.17, 15) is 9.18 Å². The highest BCUT2D eigenvalue weighted by Gasteiger charge is 2.10. The van der Waals surface area contributed by atoms with Crippen molar-refractivity contribution in [2.24, 2.45) is 0 Å². The lowest BCUT2D eigenvalue weighted by molar-refractivity contribution is -0.140. The Labute approximate surface area is 82.7 Å². The van der Waals surface area contributed by atoms with E-state index in [-0.39, 0.29) is 17.7 Å². The highest BCUT2D eigenvalue weighted by molar-refractivity contribution is 5.70. The maximum atomic E-state index is 12.6. The number of halogens is 1. The summed E-state index contributed by atoms with van der Waals surface area (Å²) >= 11 is 0. The largest absolute Gasteiger partial charge is 0.469 e. The SMILES string of the molecule is COC(=O)C[C@@H](C)c1ccc(F)cc1. The first-order valence-corrected chi connectivity index (χ1v) is 4.45. The molecule has 0 aliphatic heterocycles. The summed E-state index contributed by atoms with van der Waals surface area (Å²) in [7, 11) is 1.36. The third kappa shape index (κ3) is 2.83. The number of carbonyl (C=O) groups is 1. The molecule has 0 saturated carbocycles. The smallest absolute Gasteiger partial charge is 0.306 e. The molecule has 0 radical (unpaired) electrons. The number of benzene rings is 1. The van der Waals surface area contributed by atoms with Crippen molar-refractivity contribution in [3.05, 3.63) is 35.6 Å². The van der Waals surface area contributed by atoms with E-state index in [1.165, 1.54) is 19.2 Å². The van der Waals surface area contributed by atoms with Crippen molar-refractivity contribution >= 4 is 5.97 Å². The second-order valence-corrected chi connectivity index (χ2v) is 3.23. The summed E-state index contributed by atoms with van der Waals surface area (Å²) in [6.07, 6.45) is 0.322. The fraction of sp³-hybridized carbons (Fsp3) is 0.364. The molecular formula is C11H13FO2. The van der Waals surface area contributed by atoms with E-state index in [0.29, 0.717) is 6.42 Å². The molecule has 0 aliphatic rings. The van der Waals surface area contributed by atoms with Crippen LogP contribution in [-0.4, -0.2) is 13.1 Å². The zero-order chi connectivity index (χ0) is 10.6. The van der Waals surface area contributed by atoms with Crippen LogP contribution in [0.5, 0.6) is 0 Å². The monoisotopic (exact) mass is 196 g/mol. The van der Waals surface area contributed by atoms with Crippen LogP contribution in [-0.2, 0) is 9.53 Å². The number of hydrogen-bond acceptors (Lipinski definition) is 2. The maximum absolute atomic E-state index is 12.6. The molecule has 0 spiro atoms. The Morgan fingerprint density at radius 2 is 2.00 bits per heavy atom. The molecule has 1 aromatic rings. The van der Waals surface area contributed by atoms with Crippen molar-refractivity contribution < 1.29 is 13.9 Å². The Morgan fingerprint density at radius 1 is 1.43 bits per heavy atom. The summed E-state index contributed by atoms with van der Waals surface area (Å²) in [4.78, 5) is 11.0. The molecule has 2 nitrogen and oxygen atoms in total. The molecule has 0 amide bonds. The van der Waals surface area contributed by atoms with Crippen LogP contribution in [0.3, 0.4) is 0 Å². The van der Waals surface area contributed by atoms with Gasteiger partial charge in [0.05, 0.1) is 13.5 Å². The molecule has 1 aromatic carbocycles. The Morgan fingerprint density at radius 3 is 2.50 bits per heavy atom. The van der Waals surface area contributed by atoms with Crippen molar-refractivity contribution in [3.63, 3.8) is 0 Å².